The molecular formula is C10H14IN. The Hall–Kier alpha value is -0.120. The van der Waals surface area contributed by atoms with Crippen molar-refractivity contribution < 1.29 is 0 Å². The van der Waals surface area contributed by atoms with Gasteiger partial charge in [-0.3, -0.25) is 0 Å². The van der Waals surface area contributed by atoms with E-state index < -0.39 is 0 Å². The van der Waals surface area contributed by atoms with E-state index in [-0.39, 0.29) is 0 Å². The van der Waals surface area contributed by atoms with E-state index in [2.05, 4.69) is 60.5 Å². The zero-order valence-corrected chi connectivity index (χ0v) is 9.92. The second kappa shape index (κ2) is 3.73. The third-order valence-electron chi connectivity index (χ3n) is 1.48. The molecule has 0 atom stereocenters. The first-order chi connectivity index (χ1) is 5.47. The van der Waals surface area contributed by atoms with Gasteiger partial charge in [0.25, 0.3) is 0 Å². The predicted octanol–water partition coefficient (Wildman–Crippen LogP) is 3.27. The molecule has 1 nitrogen and oxygen atoms in total. The maximum Gasteiger partial charge on any atom is 0.101 e. The molecule has 2 heteroatoms. The van der Waals surface area contributed by atoms with Crippen LogP contribution in [-0.2, 0) is 6.42 Å². The predicted molar refractivity (Wildman–Crippen MR) is 60.1 cm³/mol. The summed E-state index contributed by atoms with van der Waals surface area (Å²) >= 11 is 2.25. The fourth-order valence-electron chi connectivity index (χ4n) is 1.09. The molecule has 1 aromatic rings. The van der Waals surface area contributed by atoms with Crippen molar-refractivity contribution in [1.82, 2.24) is 4.98 Å². The first-order valence-corrected chi connectivity index (χ1v) is 5.17. The van der Waals surface area contributed by atoms with E-state index in [0.29, 0.717) is 5.41 Å². The van der Waals surface area contributed by atoms with Gasteiger partial charge in [-0.1, -0.05) is 26.8 Å². The highest BCUT2D eigenvalue weighted by atomic mass is 127. The molecule has 1 aromatic heterocycles. The highest BCUT2D eigenvalue weighted by Gasteiger charge is 2.11. The fraction of sp³-hybridized carbons (Fsp3) is 0.500. The van der Waals surface area contributed by atoms with Crippen molar-refractivity contribution >= 4 is 22.6 Å². The van der Waals surface area contributed by atoms with Crippen molar-refractivity contribution in [2.24, 2.45) is 5.41 Å². The third-order valence-corrected chi connectivity index (χ3v) is 2.09. The van der Waals surface area contributed by atoms with Gasteiger partial charge in [-0.15, -0.1) is 0 Å². The molecule has 12 heavy (non-hydrogen) atoms. The summed E-state index contributed by atoms with van der Waals surface area (Å²) < 4.78 is 1.08. The van der Waals surface area contributed by atoms with Crippen LogP contribution in [0, 0.1) is 9.12 Å². The molecule has 0 saturated carbocycles. The van der Waals surface area contributed by atoms with Gasteiger partial charge >= 0.3 is 0 Å². The second-order valence-electron chi connectivity index (χ2n) is 4.19. The molecule has 0 radical (unpaired) electrons. The molecule has 66 valence electrons. The van der Waals surface area contributed by atoms with Crippen molar-refractivity contribution in [2.45, 2.75) is 27.2 Å². The summed E-state index contributed by atoms with van der Waals surface area (Å²) in [5.41, 5.74) is 1.52. The molecule has 1 heterocycles. The van der Waals surface area contributed by atoms with Gasteiger partial charge in [0.2, 0.25) is 0 Å². The minimum atomic E-state index is 0.331. The van der Waals surface area contributed by atoms with E-state index in [1.165, 1.54) is 5.69 Å². The Balaban J connectivity index is 2.77. The number of pyridine rings is 1. The standard InChI is InChI=1S/C10H14IN/c1-10(2,3)7-8-5-4-6-9(11)12-8/h4-6H,7H2,1-3H3. The lowest BCUT2D eigenvalue weighted by Crippen LogP contribution is -2.10. The van der Waals surface area contributed by atoms with Crippen LogP contribution in [0.2, 0.25) is 0 Å². The van der Waals surface area contributed by atoms with E-state index in [9.17, 15) is 0 Å². The molecule has 0 aliphatic heterocycles. The first-order valence-electron chi connectivity index (χ1n) is 4.09. The van der Waals surface area contributed by atoms with Crippen molar-refractivity contribution in [3.8, 4) is 0 Å². The van der Waals surface area contributed by atoms with Crippen LogP contribution in [0.25, 0.3) is 0 Å². The summed E-state index contributed by atoms with van der Waals surface area (Å²) in [7, 11) is 0. The van der Waals surface area contributed by atoms with Crippen molar-refractivity contribution in [3.63, 3.8) is 0 Å². The van der Waals surface area contributed by atoms with Gasteiger partial charge in [-0.05, 0) is 46.6 Å². The minimum absolute atomic E-state index is 0.331. The molecular weight excluding hydrogens is 261 g/mol. The largest absolute Gasteiger partial charge is 0.247 e. The highest BCUT2D eigenvalue weighted by Crippen LogP contribution is 2.19. The van der Waals surface area contributed by atoms with Gasteiger partial charge in [-0.25, -0.2) is 4.98 Å². The zero-order chi connectivity index (χ0) is 9.19. The Morgan fingerprint density at radius 3 is 2.50 bits per heavy atom. The Labute approximate surface area is 87.7 Å². The van der Waals surface area contributed by atoms with Crippen LogP contribution in [0.4, 0.5) is 0 Å². The maximum absolute atomic E-state index is 4.45. The molecule has 0 aliphatic rings. The van der Waals surface area contributed by atoms with Crippen LogP contribution >= 0.6 is 22.6 Å². The smallest absolute Gasteiger partial charge is 0.101 e. The van der Waals surface area contributed by atoms with Crippen LogP contribution < -0.4 is 0 Å². The van der Waals surface area contributed by atoms with E-state index in [1.54, 1.807) is 0 Å². The summed E-state index contributed by atoms with van der Waals surface area (Å²) in [6.45, 7) is 6.69. The SMILES string of the molecule is CC(C)(C)Cc1cccc(I)n1. The van der Waals surface area contributed by atoms with E-state index in [0.717, 1.165) is 10.1 Å². The lowest BCUT2D eigenvalue weighted by atomic mass is 9.90. The number of rotatable bonds is 1. The van der Waals surface area contributed by atoms with Crippen molar-refractivity contribution in [3.05, 3.63) is 27.6 Å². The Bertz CT molecular complexity index is 263. The quantitative estimate of drug-likeness (QED) is 0.566. The van der Waals surface area contributed by atoms with Crippen LogP contribution in [0.1, 0.15) is 26.5 Å². The Kier molecular flexibility index (Phi) is 3.09. The van der Waals surface area contributed by atoms with Gasteiger partial charge < -0.3 is 0 Å². The average molecular weight is 275 g/mol. The molecule has 0 amide bonds. The van der Waals surface area contributed by atoms with Crippen molar-refractivity contribution in [2.75, 3.05) is 0 Å². The number of hydrogen-bond donors (Lipinski definition) is 0. The molecule has 0 aliphatic carbocycles. The van der Waals surface area contributed by atoms with Crippen LogP contribution in [0.15, 0.2) is 18.2 Å². The molecule has 0 bridgehead atoms. The van der Waals surface area contributed by atoms with Crippen LogP contribution in [0.5, 0.6) is 0 Å². The summed E-state index contributed by atoms with van der Waals surface area (Å²) in [5, 5.41) is 0. The summed E-state index contributed by atoms with van der Waals surface area (Å²) in [6.07, 6.45) is 1.05. The Morgan fingerprint density at radius 1 is 1.33 bits per heavy atom. The molecule has 1 rings (SSSR count). The fourth-order valence-corrected chi connectivity index (χ4v) is 1.61. The third kappa shape index (κ3) is 3.52. The number of halogens is 1. The van der Waals surface area contributed by atoms with E-state index in [1.807, 2.05) is 6.07 Å². The molecule has 0 N–H and O–H groups in total. The van der Waals surface area contributed by atoms with Gasteiger partial charge in [0.15, 0.2) is 0 Å². The number of nitrogens with zero attached hydrogens (tertiary/aromatic N) is 1. The van der Waals surface area contributed by atoms with Gasteiger partial charge in [-0.2, -0.15) is 0 Å². The van der Waals surface area contributed by atoms with E-state index >= 15 is 0 Å². The van der Waals surface area contributed by atoms with Crippen molar-refractivity contribution in [1.29, 1.82) is 0 Å². The summed E-state index contributed by atoms with van der Waals surface area (Å²) in [4.78, 5) is 4.45. The van der Waals surface area contributed by atoms with Crippen LogP contribution in [-0.4, -0.2) is 4.98 Å². The Morgan fingerprint density at radius 2 is 2.00 bits per heavy atom. The highest BCUT2D eigenvalue weighted by molar-refractivity contribution is 14.1. The lowest BCUT2D eigenvalue weighted by molar-refractivity contribution is 0.406. The zero-order valence-electron chi connectivity index (χ0n) is 7.76. The van der Waals surface area contributed by atoms with Gasteiger partial charge in [0, 0.05) is 5.69 Å². The molecule has 0 saturated heterocycles. The first kappa shape index (κ1) is 9.96. The molecule has 0 unspecified atom stereocenters. The normalized spacial score (nSPS) is 11.7. The molecule has 0 fully saturated rings. The number of aromatic nitrogens is 1. The van der Waals surface area contributed by atoms with Gasteiger partial charge in [0.05, 0.1) is 0 Å². The average Bonchev–Trinajstić information content (AvgIpc) is 1.82. The maximum atomic E-state index is 4.45. The van der Waals surface area contributed by atoms with Gasteiger partial charge in [0.1, 0.15) is 3.70 Å². The second-order valence-corrected chi connectivity index (χ2v) is 5.29. The monoisotopic (exact) mass is 275 g/mol. The topological polar surface area (TPSA) is 12.9 Å². The molecule has 0 spiro atoms. The summed E-state index contributed by atoms with van der Waals surface area (Å²) in [5.74, 6) is 0. The van der Waals surface area contributed by atoms with Crippen LogP contribution in [0.3, 0.4) is 0 Å². The molecule has 0 aromatic carbocycles. The lowest BCUT2D eigenvalue weighted by Gasteiger charge is -2.17. The van der Waals surface area contributed by atoms with E-state index in [4.69, 9.17) is 0 Å². The summed E-state index contributed by atoms with van der Waals surface area (Å²) in [6, 6.07) is 6.18. The minimum Gasteiger partial charge on any atom is -0.247 e. The number of hydrogen-bond acceptors (Lipinski definition) is 1.